The van der Waals surface area contributed by atoms with Crippen molar-refractivity contribution < 1.29 is 9.47 Å². The highest BCUT2D eigenvalue weighted by Gasteiger charge is 2.05. The van der Waals surface area contributed by atoms with Gasteiger partial charge in [0.15, 0.2) is 17.7 Å². The fourth-order valence-corrected chi connectivity index (χ4v) is 1.29. The Morgan fingerprint density at radius 3 is 2.47 bits per heavy atom. The normalized spacial score (nSPS) is 9.20. The van der Waals surface area contributed by atoms with E-state index in [0.717, 1.165) is 5.56 Å². The van der Waals surface area contributed by atoms with Crippen LogP contribution in [0.3, 0.4) is 0 Å². The molecule has 4 heteroatoms. The topological polar surface area (TPSA) is 45.5 Å². The van der Waals surface area contributed by atoms with Crippen molar-refractivity contribution in [1.29, 1.82) is 5.26 Å². The largest absolute Gasteiger partial charge is 0.493 e. The van der Waals surface area contributed by atoms with Gasteiger partial charge in [-0.15, -0.1) is 0 Å². The van der Waals surface area contributed by atoms with Gasteiger partial charge in [0, 0.05) is 7.05 Å². The number of rotatable bonds is 4. The highest BCUT2D eigenvalue weighted by atomic mass is 16.5. The standard InChI is InChI=1S/C11H14N2O2/c1-13(8-12)7-9-4-5-10(14-2)11(6-9)15-3/h4-6H,7H2,1-3H3. The molecule has 0 aliphatic carbocycles. The quantitative estimate of drug-likeness (QED) is 0.554. The Hall–Kier alpha value is -1.89. The number of benzene rings is 1. The van der Waals surface area contributed by atoms with Crippen LogP contribution < -0.4 is 9.47 Å². The van der Waals surface area contributed by atoms with Gasteiger partial charge in [-0.1, -0.05) is 6.07 Å². The summed E-state index contributed by atoms with van der Waals surface area (Å²) >= 11 is 0. The van der Waals surface area contributed by atoms with Crippen molar-refractivity contribution >= 4 is 0 Å². The summed E-state index contributed by atoms with van der Waals surface area (Å²) in [5, 5.41) is 8.64. The average Bonchev–Trinajstić information content (AvgIpc) is 2.28. The molecule has 0 N–H and O–H groups in total. The molecule has 0 saturated heterocycles. The smallest absolute Gasteiger partial charge is 0.179 e. The summed E-state index contributed by atoms with van der Waals surface area (Å²) in [6.07, 6.45) is 2.04. The Bertz CT molecular complexity index is 371. The minimum absolute atomic E-state index is 0.566. The van der Waals surface area contributed by atoms with Crippen LogP contribution in [0.4, 0.5) is 0 Å². The van der Waals surface area contributed by atoms with Crippen LogP contribution in [-0.2, 0) is 6.54 Å². The summed E-state index contributed by atoms with van der Waals surface area (Å²) in [7, 11) is 4.92. The zero-order valence-corrected chi connectivity index (χ0v) is 9.15. The molecule has 0 unspecified atom stereocenters. The number of hydrogen-bond donors (Lipinski definition) is 0. The fourth-order valence-electron chi connectivity index (χ4n) is 1.29. The third-order valence-electron chi connectivity index (χ3n) is 2.04. The minimum Gasteiger partial charge on any atom is -0.493 e. The van der Waals surface area contributed by atoms with Crippen LogP contribution in [0.2, 0.25) is 0 Å². The molecule has 0 aromatic heterocycles. The van der Waals surface area contributed by atoms with Crippen LogP contribution in [0.1, 0.15) is 5.56 Å². The lowest BCUT2D eigenvalue weighted by Crippen LogP contribution is -2.10. The van der Waals surface area contributed by atoms with Crippen molar-refractivity contribution in [2.45, 2.75) is 6.54 Å². The molecule has 0 aliphatic heterocycles. The Labute approximate surface area is 89.6 Å². The monoisotopic (exact) mass is 206 g/mol. The van der Waals surface area contributed by atoms with Crippen LogP contribution in [0.15, 0.2) is 18.2 Å². The predicted molar refractivity (Wildman–Crippen MR) is 56.6 cm³/mol. The van der Waals surface area contributed by atoms with Crippen LogP contribution in [0.25, 0.3) is 0 Å². The highest BCUT2D eigenvalue weighted by Crippen LogP contribution is 2.27. The van der Waals surface area contributed by atoms with E-state index >= 15 is 0 Å². The molecule has 0 heterocycles. The van der Waals surface area contributed by atoms with Crippen LogP contribution in [-0.4, -0.2) is 26.2 Å². The highest BCUT2D eigenvalue weighted by molar-refractivity contribution is 5.42. The van der Waals surface area contributed by atoms with E-state index in [1.807, 2.05) is 24.4 Å². The van der Waals surface area contributed by atoms with E-state index in [-0.39, 0.29) is 0 Å². The summed E-state index contributed by atoms with van der Waals surface area (Å²) < 4.78 is 10.3. The van der Waals surface area contributed by atoms with Gasteiger partial charge in [-0.3, -0.25) is 0 Å². The van der Waals surface area contributed by atoms with Crippen LogP contribution >= 0.6 is 0 Å². The zero-order valence-electron chi connectivity index (χ0n) is 9.15. The number of hydrogen-bond acceptors (Lipinski definition) is 4. The van der Waals surface area contributed by atoms with Gasteiger partial charge in [0.2, 0.25) is 0 Å². The second-order valence-corrected chi connectivity index (χ2v) is 3.15. The summed E-state index contributed by atoms with van der Waals surface area (Å²) in [4.78, 5) is 1.54. The van der Waals surface area contributed by atoms with Crippen LogP contribution in [0.5, 0.6) is 11.5 Å². The third kappa shape index (κ3) is 2.78. The van der Waals surface area contributed by atoms with Gasteiger partial charge in [0.1, 0.15) is 0 Å². The second-order valence-electron chi connectivity index (χ2n) is 3.15. The molecule has 1 aromatic carbocycles. The van der Waals surface area contributed by atoms with Gasteiger partial charge in [-0.25, -0.2) is 0 Å². The molecule has 0 radical (unpaired) electrons. The molecule has 0 saturated carbocycles. The molecular formula is C11H14N2O2. The molecule has 15 heavy (non-hydrogen) atoms. The lowest BCUT2D eigenvalue weighted by atomic mass is 10.2. The first kappa shape index (κ1) is 11.2. The SMILES string of the molecule is COc1ccc(CN(C)C#N)cc1OC. The van der Waals surface area contributed by atoms with Gasteiger partial charge in [0.05, 0.1) is 20.8 Å². The second kappa shape index (κ2) is 5.11. The predicted octanol–water partition coefficient (Wildman–Crippen LogP) is 1.62. The lowest BCUT2D eigenvalue weighted by molar-refractivity contribution is 0.353. The fraction of sp³-hybridized carbons (Fsp3) is 0.364. The summed E-state index contributed by atoms with van der Waals surface area (Å²) in [5.74, 6) is 1.38. The molecular weight excluding hydrogens is 192 g/mol. The molecule has 1 rings (SSSR count). The van der Waals surface area contributed by atoms with Crippen molar-refractivity contribution in [2.24, 2.45) is 0 Å². The van der Waals surface area contributed by atoms with E-state index < -0.39 is 0 Å². The first-order valence-corrected chi connectivity index (χ1v) is 4.53. The Morgan fingerprint density at radius 2 is 1.93 bits per heavy atom. The van der Waals surface area contributed by atoms with E-state index in [1.165, 1.54) is 0 Å². The molecule has 0 spiro atoms. The van der Waals surface area contributed by atoms with E-state index in [1.54, 1.807) is 26.2 Å². The van der Waals surface area contributed by atoms with Gasteiger partial charge >= 0.3 is 0 Å². The Kier molecular flexibility index (Phi) is 3.81. The van der Waals surface area contributed by atoms with Crippen molar-refractivity contribution in [1.82, 2.24) is 4.90 Å². The van der Waals surface area contributed by atoms with Gasteiger partial charge < -0.3 is 14.4 Å². The summed E-state index contributed by atoms with van der Waals surface area (Å²) in [5.41, 5.74) is 1.01. The third-order valence-corrected chi connectivity index (χ3v) is 2.04. The van der Waals surface area contributed by atoms with Crippen molar-refractivity contribution in [3.63, 3.8) is 0 Å². The molecule has 80 valence electrons. The van der Waals surface area contributed by atoms with E-state index in [4.69, 9.17) is 14.7 Å². The number of nitrogens with zero attached hydrogens (tertiary/aromatic N) is 2. The molecule has 0 amide bonds. The number of nitriles is 1. The van der Waals surface area contributed by atoms with Crippen molar-refractivity contribution in [3.8, 4) is 17.7 Å². The molecule has 1 aromatic rings. The molecule has 0 fully saturated rings. The first-order valence-electron chi connectivity index (χ1n) is 4.53. The lowest BCUT2D eigenvalue weighted by Gasteiger charge is -2.12. The average molecular weight is 206 g/mol. The Morgan fingerprint density at radius 1 is 1.27 bits per heavy atom. The molecule has 0 aliphatic rings. The molecule has 4 nitrogen and oxygen atoms in total. The van der Waals surface area contributed by atoms with Crippen molar-refractivity contribution in [3.05, 3.63) is 23.8 Å². The number of ether oxygens (including phenoxy) is 2. The molecule has 0 bridgehead atoms. The molecule has 0 atom stereocenters. The number of methoxy groups -OCH3 is 2. The minimum atomic E-state index is 0.566. The van der Waals surface area contributed by atoms with E-state index in [9.17, 15) is 0 Å². The van der Waals surface area contributed by atoms with Gasteiger partial charge in [-0.2, -0.15) is 5.26 Å². The van der Waals surface area contributed by atoms with Crippen LogP contribution in [0, 0.1) is 11.5 Å². The maximum atomic E-state index is 8.64. The Balaban J connectivity index is 2.89. The van der Waals surface area contributed by atoms with Gasteiger partial charge in [0.25, 0.3) is 0 Å². The maximum absolute atomic E-state index is 8.64. The summed E-state index contributed by atoms with van der Waals surface area (Å²) in [6.45, 7) is 0.566. The maximum Gasteiger partial charge on any atom is 0.179 e. The van der Waals surface area contributed by atoms with Gasteiger partial charge in [-0.05, 0) is 17.7 Å². The first-order chi connectivity index (χ1) is 7.21. The summed E-state index contributed by atoms with van der Waals surface area (Å²) in [6, 6.07) is 5.61. The zero-order chi connectivity index (χ0) is 11.3. The van der Waals surface area contributed by atoms with E-state index in [0.29, 0.717) is 18.0 Å². The van der Waals surface area contributed by atoms with E-state index in [2.05, 4.69) is 0 Å². The van der Waals surface area contributed by atoms with Crippen molar-refractivity contribution in [2.75, 3.05) is 21.3 Å².